The van der Waals surface area contributed by atoms with Crippen molar-refractivity contribution in [3.05, 3.63) is 35.0 Å². The first-order chi connectivity index (χ1) is 13.0. The summed E-state index contributed by atoms with van der Waals surface area (Å²) in [6.07, 6.45) is 0. The van der Waals surface area contributed by atoms with E-state index in [0.29, 0.717) is 12.2 Å². The molecular formula is C19H27N3O5. The highest BCUT2D eigenvalue weighted by atomic mass is 16.5. The molecule has 1 amide bonds. The molecule has 0 aliphatic carbocycles. The Balaban J connectivity index is 2.30. The lowest BCUT2D eigenvalue weighted by molar-refractivity contribution is -0.136. The van der Waals surface area contributed by atoms with E-state index in [9.17, 15) is 14.7 Å². The number of methoxy groups -OCH3 is 1. The number of β-amino-alcohol motifs (C(OH)–C–C–N with tert-alkyl or cyclic N) is 1. The van der Waals surface area contributed by atoms with Crippen LogP contribution in [0.3, 0.4) is 0 Å². The van der Waals surface area contributed by atoms with Gasteiger partial charge in [0.05, 0.1) is 32.4 Å². The number of rotatable bonds is 9. The van der Waals surface area contributed by atoms with Gasteiger partial charge in [-0.1, -0.05) is 0 Å². The quantitative estimate of drug-likeness (QED) is 0.538. The van der Waals surface area contributed by atoms with E-state index >= 15 is 0 Å². The Bertz CT molecular complexity index is 732. The zero-order valence-electron chi connectivity index (χ0n) is 16.0. The molecule has 1 aromatic carbocycles. The van der Waals surface area contributed by atoms with Crippen LogP contribution in [0.15, 0.2) is 29.5 Å². The number of nitrogens with one attached hydrogen (secondary N) is 1. The minimum absolute atomic E-state index is 0.0669. The molecule has 0 saturated heterocycles. The fourth-order valence-corrected chi connectivity index (χ4v) is 3.06. The molecule has 0 spiro atoms. The van der Waals surface area contributed by atoms with Crippen molar-refractivity contribution in [3.63, 3.8) is 0 Å². The lowest BCUT2D eigenvalue weighted by Crippen LogP contribution is -2.31. The van der Waals surface area contributed by atoms with E-state index in [4.69, 9.17) is 9.84 Å². The Labute approximate surface area is 159 Å². The largest absolute Gasteiger partial charge is 0.466 e. The molecule has 2 rings (SSSR count). The van der Waals surface area contributed by atoms with Gasteiger partial charge in [-0.25, -0.2) is 4.79 Å². The van der Waals surface area contributed by atoms with Crippen LogP contribution < -0.4 is 10.2 Å². The number of ether oxygens (including phenoxy) is 1. The summed E-state index contributed by atoms with van der Waals surface area (Å²) in [5, 5.41) is 21.4. The Morgan fingerprint density at radius 1 is 1.33 bits per heavy atom. The van der Waals surface area contributed by atoms with Crippen LogP contribution in [0.5, 0.6) is 0 Å². The molecule has 148 valence electrons. The molecular weight excluding hydrogens is 350 g/mol. The molecule has 1 aliphatic rings. The zero-order valence-corrected chi connectivity index (χ0v) is 16.0. The third-order valence-electron chi connectivity index (χ3n) is 4.54. The first kappa shape index (κ1) is 20.7. The summed E-state index contributed by atoms with van der Waals surface area (Å²) in [7, 11) is 1.27. The molecule has 1 heterocycles. The highest BCUT2D eigenvalue weighted by Gasteiger charge is 2.34. The van der Waals surface area contributed by atoms with E-state index < -0.39 is 5.97 Å². The summed E-state index contributed by atoms with van der Waals surface area (Å²) in [5.74, 6) is -0.913. The monoisotopic (exact) mass is 377 g/mol. The maximum absolute atomic E-state index is 12.6. The maximum Gasteiger partial charge on any atom is 0.337 e. The first-order valence-electron chi connectivity index (χ1n) is 8.91. The van der Waals surface area contributed by atoms with Gasteiger partial charge in [0, 0.05) is 31.0 Å². The maximum atomic E-state index is 12.6. The number of carbonyl (C=O) groups excluding carboxylic acids is 2. The van der Waals surface area contributed by atoms with Gasteiger partial charge < -0.3 is 30.1 Å². The number of hydrogen-bond acceptors (Lipinski definition) is 7. The fraction of sp³-hybridized carbons (Fsp3) is 0.474. The van der Waals surface area contributed by atoms with E-state index in [1.54, 1.807) is 0 Å². The van der Waals surface area contributed by atoms with Crippen molar-refractivity contribution in [2.24, 2.45) is 0 Å². The first-order valence-corrected chi connectivity index (χ1v) is 8.91. The van der Waals surface area contributed by atoms with Gasteiger partial charge >= 0.3 is 5.97 Å². The molecule has 0 fully saturated rings. The fourth-order valence-electron chi connectivity index (χ4n) is 3.06. The molecule has 0 bridgehead atoms. The van der Waals surface area contributed by atoms with Crippen LogP contribution in [0, 0.1) is 6.92 Å². The van der Waals surface area contributed by atoms with E-state index in [-0.39, 0.29) is 43.5 Å². The van der Waals surface area contributed by atoms with Crippen molar-refractivity contribution < 1.29 is 24.5 Å². The Morgan fingerprint density at radius 2 is 2.07 bits per heavy atom. The van der Waals surface area contributed by atoms with Gasteiger partial charge in [0.1, 0.15) is 5.70 Å². The van der Waals surface area contributed by atoms with Gasteiger partial charge in [-0.05, 0) is 37.6 Å². The smallest absolute Gasteiger partial charge is 0.337 e. The van der Waals surface area contributed by atoms with Gasteiger partial charge in [-0.3, -0.25) is 4.79 Å². The topological polar surface area (TPSA) is 102 Å². The van der Waals surface area contributed by atoms with E-state index in [1.807, 2.05) is 36.9 Å². The van der Waals surface area contributed by atoms with Gasteiger partial charge in [-0.15, -0.1) is 0 Å². The number of aryl methyl sites for hydroxylation is 1. The second-order valence-corrected chi connectivity index (χ2v) is 6.22. The van der Waals surface area contributed by atoms with E-state index in [2.05, 4.69) is 5.32 Å². The summed E-state index contributed by atoms with van der Waals surface area (Å²) in [6, 6.07) is 5.71. The Morgan fingerprint density at radius 3 is 2.63 bits per heavy atom. The number of anilines is 2. The number of nitrogens with zero attached hydrogens (tertiary/aromatic N) is 2. The number of carbonyl (C=O) groups is 2. The molecule has 0 atom stereocenters. The minimum Gasteiger partial charge on any atom is -0.466 e. The van der Waals surface area contributed by atoms with Crippen molar-refractivity contribution in [1.82, 2.24) is 4.90 Å². The molecule has 8 nitrogen and oxygen atoms in total. The molecule has 0 aromatic heterocycles. The molecule has 1 aliphatic heterocycles. The molecule has 1 aromatic rings. The summed E-state index contributed by atoms with van der Waals surface area (Å²) in [4.78, 5) is 28.1. The van der Waals surface area contributed by atoms with Gasteiger partial charge in [0.25, 0.3) is 5.91 Å². The highest BCUT2D eigenvalue weighted by Crippen LogP contribution is 2.27. The van der Waals surface area contributed by atoms with Crippen LogP contribution >= 0.6 is 0 Å². The zero-order chi connectivity index (χ0) is 20.0. The van der Waals surface area contributed by atoms with Crippen LogP contribution in [-0.2, 0) is 14.3 Å². The summed E-state index contributed by atoms with van der Waals surface area (Å²) >= 11 is 0. The highest BCUT2D eigenvalue weighted by molar-refractivity contribution is 6.08. The molecule has 8 heteroatoms. The molecule has 0 radical (unpaired) electrons. The lowest BCUT2D eigenvalue weighted by atomic mass is 10.1. The molecule has 0 saturated carbocycles. The van der Waals surface area contributed by atoms with Crippen LogP contribution in [0.1, 0.15) is 12.5 Å². The summed E-state index contributed by atoms with van der Waals surface area (Å²) < 4.78 is 4.79. The van der Waals surface area contributed by atoms with Crippen molar-refractivity contribution >= 4 is 23.3 Å². The van der Waals surface area contributed by atoms with Crippen molar-refractivity contribution in [1.29, 1.82) is 0 Å². The van der Waals surface area contributed by atoms with E-state index in [1.165, 1.54) is 12.0 Å². The number of likely N-dealkylation sites (N-methyl/N-ethyl adjacent to an activating group) is 1. The number of amides is 1. The number of esters is 1. The summed E-state index contributed by atoms with van der Waals surface area (Å²) in [6.45, 7) is 5.35. The van der Waals surface area contributed by atoms with E-state index in [0.717, 1.165) is 17.8 Å². The predicted octanol–water partition coefficient (Wildman–Crippen LogP) is 0.487. The number of hydrogen-bond donors (Lipinski definition) is 3. The number of aliphatic hydroxyl groups is 2. The summed E-state index contributed by atoms with van der Waals surface area (Å²) in [5.41, 5.74) is 2.99. The molecule has 3 N–H and O–H groups in total. The van der Waals surface area contributed by atoms with Gasteiger partial charge in [0.15, 0.2) is 0 Å². The van der Waals surface area contributed by atoms with Crippen molar-refractivity contribution in [2.45, 2.75) is 13.8 Å². The Hall–Kier alpha value is -2.58. The van der Waals surface area contributed by atoms with Crippen LogP contribution in [0.25, 0.3) is 0 Å². The normalized spacial score (nSPS) is 14.0. The SMILES string of the molecule is CCN(CCO)c1ccc(NC2=C(C(=O)OC)CN(CCO)C2=O)c(C)c1. The second kappa shape index (κ2) is 9.38. The third-order valence-corrected chi connectivity index (χ3v) is 4.54. The molecule has 27 heavy (non-hydrogen) atoms. The molecule has 0 unspecified atom stereocenters. The number of aliphatic hydroxyl groups excluding tert-OH is 2. The predicted molar refractivity (Wildman–Crippen MR) is 102 cm³/mol. The lowest BCUT2D eigenvalue weighted by Gasteiger charge is -2.23. The Kier molecular flexibility index (Phi) is 7.20. The second-order valence-electron chi connectivity index (χ2n) is 6.22. The van der Waals surface area contributed by atoms with Gasteiger partial charge in [0.2, 0.25) is 0 Å². The standard InChI is InChI=1S/C19H27N3O5/c1-4-21(7-9-23)14-5-6-16(13(2)11-14)20-17-15(19(26)27-3)12-22(8-10-24)18(17)25/h5-6,11,20,23-24H,4,7-10,12H2,1-3H3. The third kappa shape index (κ3) is 4.58. The number of benzene rings is 1. The van der Waals surface area contributed by atoms with Crippen molar-refractivity contribution in [3.8, 4) is 0 Å². The average molecular weight is 377 g/mol. The van der Waals surface area contributed by atoms with Crippen LogP contribution in [0.2, 0.25) is 0 Å². The van der Waals surface area contributed by atoms with Crippen LogP contribution in [-0.4, -0.2) is 73.5 Å². The van der Waals surface area contributed by atoms with Crippen molar-refractivity contribution in [2.75, 3.05) is 56.7 Å². The minimum atomic E-state index is -0.569. The van der Waals surface area contributed by atoms with Crippen LogP contribution in [0.4, 0.5) is 11.4 Å². The van der Waals surface area contributed by atoms with Gasteiger partial charge in [-0.2, -0.15) is 0 Å². The average Bonchev–Trinajstić information content (AvgIpc) is 2.97.